The van der Waals surface area contributed by atoms with E-state index in [0.29, 0.717) is 0 Å². The molecule has 0 atom stereocenters. The Hall–Kier alpha value is -0.820. The third kappa shape index (κ3) is 11.2. The Labute approximate surface area is 89.1 Å². The summed E-state index contributed by atoms with van der Waals surface area (Å²) in [5.74, 6) is 0. The molecule has 0 bridgehead atoms. The third-order valence-electron chi connectivity index (χ3n) is 1.54. The van der Waals surface area contributed by atoms with Crippen molar-refractivity contribution in [3.05, 3.63) is 35.9 Å². The quantitative estimate of drug-likeness (QED) is 0.696. The van der Waals surface area contributed by atoms with Crippen molar-refractivity contribution in [3.63, 3.8) is 0 Å². The van der Waals surface area contributed by atoms with Gasteiger partial charge >= 0.3 is 0 Å². The average Bonchev–Trinajstić information content (AvgIpc) is 2.33. The van der Waals surface area contributed by atoms with Crippen molar-refractivity contribution in [2.75, 3.05) is 13.7 Å². The van der Waals surface area contributed by atoms with Crippen LogP contribution in [0.25, 0.3) is 0 Å². The summed E-state index contributed by atoms with van der Waals surface area (Å²) < 4.78 is 4.54. The van der Waals surface area contributed by atoms with Crippen molar-refractivity contribution < 1.29 is 4.74 Å². The molecular formula is C13H24O. The van der Waals surface area contributed by atoms with Gasteiger partial charge in [-0.15, -0.1) is 0 Å². The minimum Gasteiger partial charge on any atom is -0.385 e. The number of hydrogen-bond donors (Lipinski definition) is 0. The fourth-order valence-corrected chi connectivity index (χ4v) is 0.714. The second-order valence-corrected chi connectivity index (χ2v) is 2.42. The van der Waals surface area contributed by atoms with Gasteiger partial charge in [-0.25, -0.2) is 0 Å². The van der Waals surface area contributed by atoms with Gasteiger partial charge in [0, 0.05) is 13.7 Å². The van der Waals surface area contributed by atoms with Gasteiger partial charge in [-0.3, -0.25) is 0 Å². The first-order valence-electron chi connectivity index (χ1n) is 5.38. The van der Waals surface area contributed by atoms with Gasteiger partial charge in [-0.1, -0.05) is 51.1 Å². The average molecular weight is 196 g/mol. The largest absolute Gasteiger partial charge is 0.385 e. The smallest absolute Gasteiger partial charge is 0.0433 e. The monoisotopic (exact) mass is 196 g/mol. The lowest BCUT2D eigenvalue weighted by atomic mass is 10.2. The molecule has 1 aromatic rings. The van der Waals surface area contributed by atoms with Crippen LogP contribution in [0.4, 0.5) is 0 Å². The zero-order valence-electron chi connectivity index (χ0n) is 10.2. The number of aryl methyl sites for hydroxylation is 1. The van der Waals surface area contributed by atoms with Crippen molar-refractivity contribution in [2.45, 2.75) is 34.1 Å². The topological polar surface area (TPSA) is 9.23 Å². The van der Waals surface area contributed by atoms with Crippen LogP contribution in [0.3, 0.4) is 0 Å². The van der Waals surface area contributed by atoms with Gasteiger partial charge in [0.2, 0.25) is 0 Å². The Morgan fingerprint density at radius 1 is 1.00 bits per heavy atom. The molecule has 0 spiro atoms. The van der Waals surface area contributed by atoms with Crippen LogP contribution in [0.1, 0.15) is 33.3 Å². The van der Waals surface area contributed by atoms with Crippen LogP contribution in [0.5, 0.6) is 0 Å². The predicted octanol–water partition coefficient (Wildman–Crippen LogP) is 3.93. The van der Waals surface area contributed by atoms with Crippen LogP contribution >= 0.6 is 0 Å². The number of ether oxygens (including phenoxy) is 1. The number of benzene rings is 1. The van der Waals surface area contributed by atoms with Gasteiger partial charge in [0.25, 0.3) is 0 Å². The molecule has 0 fully saturated rings. The molecule has 0 unspecified atom stereocenters. The van der Waals surface area contributed by atoms with E-state index in [4.69, 9.17) is 0 Å². The first-order valence-corrected chi connectivity index (χ1v) is 5.38. The van der Waals surface area contributed by atoms with E-state index in [1.807, 2.05) is 26.8 Å². The maximum Gasteiger partial charge on any atom is 0.0433 e. The molecule has 0 saturated heterocycles. The van der Waals surface area contributed by atoms with E-state index in [2.05, 4.69) is 35.9 Å². The number of hydrogen-bond acceptors (Lipinski definition) is 1. The van der Waals surface area contributed by atoms with Gasteiger partial charge in [-0.2, -0.15) is 0 Å². The van der Waals surface area contributed by atoms with Gasteiger partial charge in [0.15, 0.2) is 0 Å². The van der Waals surface area contributed by atoms with E-state index in [-0.39, 0.29) is 0 Å². The van der Waals surface area contributed by atoms with E-state index >= 15 is 0 Å². The van der Waals surface area contributed by atoms with E-state index in [0.717, 1.165) is 13.0 Å². The summed E-state index contributed by atoms with van der Waals surface area (Å²) in [4.78, 5) is 0. The SMILES string of the molecule is CC.CCOC.CCc1ccccc1. The Balaban J connectivity index is 0. The highest BCUT2D eigenvalue weighted by molar-refractivity contribution is 5.13. The molecule has 1 aromatic carbocycles. The van der Waals surface area contributed by atoms with Crippen molar-refractivity contribution in [3.8, 4) is 0 Å². The third-order valence-corrected chi connectivity index (χ3v) is 1.54. The fourth-order valence-electron chi connectivity index (χ4n) is 0.714. The molecule has 0 aliphatic carbocycles. The minimum atomic E-state index is 0.819. The molecule has 0 aliphatic rings. The summed E-state index contributed by atoms with van der Waals surface area (Å²) in [5.41, 5.74) is 1.41. The first-order chi connectivity index (χ1) is 6.85. The lowest BCUT2D eigenvalue weighted by molar-refractivity contribution is 0.215. The molecular weight excluding hydrogens is 172 g/mol. The van der Waals surface area contributed by atoms with Crippen LogP contribution in [0.2, 0.25) is 0 Å². The van der Waals surface area contributed by atoms with Crippen LogP contribution < -0.4 is 0 Å². The maximum atomic E-state index is 4.54. The molecule has 0 heterocycles. The molecule has 82 valence electrons. The lowest BCUT2D eigenvalue weighted by Gasteiger charge is -1.89. The molecule has 14 heavy (non-hydrogen) atoms. The van der Waals surface area contributed by atoms with Gasteiger partial charge in [-0.05, 0) is 18.9 Å². The van der Waals surface area contributed by atoms with Crippen molar-refractivity contribution >= 4 is 0 Å². The molecule has 0 amide bonds. The van der Waals surface area contributed by atoms with Crippen LogP contribution in [-0.4, -0.2) is 13.7 Å². The molecule has 0 aliphatic heterocycles. The van der Waals surface area contributed by atoms with Crippen molar-refractivity contribution in [1.29, 1.82) is 0 Å². The zero-order valence-corrected chi connectivity index (χ0v) is 10.2. The molecule has 1 heteroatoms. The van der Waals surface area contributed by atoms with Gasteiger partial charge < -0.3 is 4.74 Å². The molecule has 0 aromatic heterocycles. The van der Waals surface area contributed by atoms with Crippen molar-refractivity contribution in [2.24, 2.45) is 0 Å². The second kappa shape index (κ2) is 14.7. The number of methoxy groups -OCH3 is 1. The van der Waals surface area contributed by atoms with Crippen LogP contribution in [-0.2, 0) is 11.2 Å². The molecule has 0 saturated carbocycles. The van der Waals surface area contributed by atoms with Gasteiger partial charge in [0.05, 0.1) is 0 Å². The Bertz CT molecular complexity index is 168. The van der Waals surface area contributed by atoms with Crippen LogP contribution in [0.15, 0.2) is 30.3 Å². The summed E-state index contributed by atoms with van der Waals surface area (Å²) in [6.07, 6.45) is 1.14. The van der Waals surface area contributed by atoms with Crippen LogP contribution in [0, 0.1) is 0 Å². The highest BCUT2D eigenvalue weighted by Crippen LogP contribution is 1.96. The lowest BCUT2D eigenvalue weighted by Crippen LogP contribution is -1.73. The minimum absolute atomic E-state index is 0.819. The summed E-state index contributed by atoms with van der Waals surface area (Å²) in [7, 11) is 1.68. The second-order valence-electron chi connectivity index (χ2n) is 2.42. The Kier molecular flexibility index (Phi) is 16.4. The molecule has 0 N–H and O–H groups in total. The first kappa shape index (κ1) is 15.6. The van der Waals surface area contributed by atoms with Crippen molar-refractivity contribution in [1.82, 2.24) is 0 Å². The molecule has 0 radical (unpaired) electrons. The highest BCUT2D eigenvalue weighted by Gasteiger charge is 1.79. The summed E-state index contributed by atoms with van der Waals surface area (Å²) in [6.45, 7) is 8.94. The van der Waals surface area contributed by atoms with E-state index in [1.54, 1.807) is 7.11 Å². The number of rotatable bonds is 2. The summed E-state index contributed by atoms with van der Waals surface area (Å²) in [6, 6.07) is 10.5. The Morgan fingerprint density at radius 2 is 1.43 bits per heavy atom. The molecule has 1 rings (SSSR count). The van der Waals surface area contributed by atoms with E-state index in [1.165, 1.54) is 5.56 Å². The van der Waals surface area contributed by atoms with E-state index < -0.39 is 0 Å². The van der Waals surface area contributed by atoms with Gasteiger partial charge in [0.1, 0.15) is 0 Å². The summed E-state index contributed by atoms with van der Waals surface area (Å²) in [5, 5.41) is 0. The summed E-state index contributed by atoms with van der Waals surface area (Å²) >= 11 is 0. The van der Waals surface area contributed by atoms with E-state index in [9.17, 15) is 0 Å². The predicted molar refractivity (Wildman–Crippen MR) is 64.7 cm³/mol. The highest BCUT2D eigenvalue weighted by atomic mass is 16.5. The normalized spacial score (nSPS) is 7.79. The standard InChI is InChI=1S/C8H10.C3H8O.C2H6/c1-2-8-6-4-3-5-7-8;1-3-4-2;1-2/h3-7H,2H2,1H3;3H2,1-2H3;1-2H3. The molecule has 1 nitrogen and oxygen atoms in total. The Morgan fingerprint density at radius 3 is 1.64 bits per heavy atom. The zero-order chi connectivity index (χ0) is 11.2. The maximum absolute atomic E-state index is 4.54. The fraction of sp³-hybridized carbons (Fsp3) is 0.538.